The number of hydrogen-bond acceptors (Lipinski definition) is 7. The normalized spacial score (nSPS) is 17.2. The summed E-state index contributed by atoms with van der Waals surface area (Å²) in [7, 11) is 4.66. The fourth-order valence-electron chi connectivity index (χ4n) is 3.52. The Morgan fingerprint density at radius 1 is 1.03 bits per heavy atom. The predicted octanol–water partition coefficient (Wildman–Crippen LogP) is 0.688. The smallest absolute Gasteiger partial charge is 0.255 e. The largest absolute Gasteiger partial charge is 0.497 e. The van der Waals surface area contributed by atoms with Crippen LogP contribution in [0.3, 0.4) is 0 Å². The highest BCUT2D eigenvalue weighted by Crippen LogP contribution is 2.19. The Morgan fingerprint density at radius 2 is 1.73 bits per heavy atom. The molecule has 1 atom stereocenters. The van der Waals surface area contributed by atoms with Crippen molar-refractivity contribution in [3.63, 3.8) is 0 Å². The van der Waals surface area contributed by atoms with Crippen LogP contribution in [-0.4, -0.2) is 93.5 Å². The van der Waals surface area contributed by atoms with Crippen molar-refractivity contribution >= 4 is 23.6 Å². The summed E-state index contributed by atoms with van der Waals surface area (Å²) in [6, 6.07) is 12.4. The van der Waals surface area contributed by atoms with E-state index in [0.29, 0.717) is 17.2 Å². The average Bonchev–Trinajstić information content (AvgIpc) is 2.90. The lowest BCUT2D eigenvalue weighted by Gasteiger charge is -2.25. The summed E-state index contributed by atoms with van der Waals surface area (Å²) in [6.45, 7) is 0.584. The van der Waals surface area contributed by atoms with Crippen LogP contribution in [0.4, 0.5) is 0 Å². The molecule has 37 heavy (non-hydrogen) atoms. The maximum Gasteiger partial charge on any atom is 0.255 e. The van der Waals surface area contributed by atoms with Crippen LogP contribution in [0.25, 0.3) is 0 Å². The zero-order chi connectivity index (χ0) is 26.8. The molecular weight excluding hydrogens is 480 g/mol. The summed E-state index contributed by atoms with van der Waals surface area (Å²) >= 11 is 0. The molecule has 0 bridgehead atoms. The molecule has 4 amide bonds. The fraction of sp³-hybridized carbons (Fsp3) is 0.385. The van der Waals surface area contributed by atoms with Gasteiger partial charge in [-0.05, 0) is 36.4 Å². The van der Waals surface area contributed by atoms with Crippen LogP contribution in [0, 0.1) is 0 Å². The van der Waals surface area contributed by atoms with E-state index in [9.17, 15) is 19.2 Å². The SMILES string of the molecule is COc1ccc(OCCNC(=O)[C@@H]2CC(=O)N(C)CC(=O)N(C)CCOc3ccccc3C(=O)N2)cc1. The first-order valence-corrected chi connectivity index (χ1v) is 11.8. The van der Waals surface area contributed by atoms with Gasteiger partial charge in [0, 0.05) is 14.1 Å². The molecule has 11 nitrogen and oxygen atoms in total. The van der Waals surface area contributed by atoms with E-state index in [4.69, 9.17) is 14.2 Å². The highest BCUT2D eigenvalue weighted by molar-refractivity contribution is 6.00. The molecule has 0 aliphatic carbocycles. The van der Waals surface area contributed by atoms with Crippen molar-refractivity contribution in [3.8, 4) is 17.2 Å². The number of para-hydroxylation sites is 1. The fourth-order valence-corrected chi connectivity index (χ4v) is 3.52. The zero-order valence-corrected chi connectivity index (χ0v) is 21.2. The highest BCUT2D eigenvalue weighted by atomic mass is 16.5. The van der Waals surface area contributed by atoms with E-state index in [-0.39, 0.29) is 50.7 Å². The lowest BCUT2D eigenvalue weighted by atomic mass is 10.1. The summed E-state index contributed by atoms with van der Waals surface area (Å²) in [5.74, 6) is -0.230. The van der Waals surface area contributed by atoms with Crippen molar-refractivity contribution in [1.29, 1.82) is 0 Å². The van der Waals surface area contributed by atoms with Crippen molar-refractivity contribution < 1.29 is 33.4 Å². The molecule has 0 radical (unpaired) electrons. The van der Waals surface area contributed by atoms with Gasteiger partial charge in [-0.3, -0.25) is 19.2 Å². The van der Waals surface area contributed by atoms with E-state index in [2.05, 4.69) is 10.6 Å². The summed E-state index contributed by atoms with van der Waals surface area (Å²) in [4.78, 5) is 54.1. The Bertz CT molecular complexity index is 1110. The zero-order valence-electron chi connectivity index (χ0n) is 21.2. The maximum absolute atomic E-state index is 13.1. The quantitative estimate of drug-likeness (QED) is 0.546. The Hall–Kier alpha value is -4.28. The molecule has 0 unspecified atom stereocenters. The number of likely N-dealkylation sites (N-methyl/N-ethyl adjacent to an activating group) is 2. The van der Waals surface area contributed by atoms with Gasteiger partial charge >= 0.3 is 0 Å². The summed E-state index contributed by atoms with van der Waals surface area (Å²) in [5, 5.41) is 5.34. The predicted molar refractivity (Wildman–Crippen MR) is 135 cm³/mol. The Morgan fingerprint density at radius 3 is 2.46 bits per heavy atom. The van der Waals surface area contributed by atoms with Gasteiger partial charge in [-0.2, -0.15) is 0 Å². The molecule has 0 fully saturated rings. The molecule has 198 valence electrons. The number of methoxy groups -OCH3 is 1. The standard InChI is InChI=1S/C26H32N4O7/c1-29-13-15-37-22-7-5-4-6-20(22)25(33)28-21(16-23(31)30(2)17-24(29)32)26(34)27-12-14-36-19-10-8-18(35-3)9-11-19/h4-11,21H,12-17H2,1-3H3,(H,27,34)(H,28,33)/t21-/m0/s1. The second kappa shape index (κ2) is 13.1. The number of benzene rings is 2. The number of fused-ring (bicyclic) bond motifs is 1. The van der Waals surface area contributed by atoms with E-state index in [0.717, 1.165) is 0 Å². The van der Waals surface area contributed by atoms with Crippen molar-refractivity contribution in [1.82, 2.24) is 20.4 Å². The number of ether oxygens (including phenoxy) is 3. The molecule has 1 heterocycles. The van der Waals surface area contributed by atoms with Crippen LogP contribution in [0.5, 0.6) is 17.2 Å². The number of carbonyl (C=O) groups excluding carboxylic acids is 4. The van der Waals surface area contributed by atoms with Crippen molar-refractivity contribution in [2.45, 2.75) is 12.5 Å². The first kappa shape index (κ1) is 27.3. The number of nitrogens with one attached hydrogen (secondary N) is 2. The first-order valence-electron chi connectivity index (χ1n) is 11.8. The molecule has 2 N–H and O–H groups in total. The number of hydrogen-bond donors (Lipinski definition) is 2. The van der Waals surface area contributed by atoms with Crippen LogP contribution in [0.2, 0.25) is 0 Å². The van der Waals surface area contributed by atoms with Crippen molar-refractivity contribution in [2.75, 3.05) is 54.1 Å². The van der Waals surface area contributed by atoms with Crippen LogP contribution >= 0.6 is 0 Å². The minimum absolute atomic E-state index is 0.143. The lowest BCUT2D eigenvalue weighted by molar-refractivity contribution is -0.139. The number of amides is 4. The molecule has 0 aromatic heterocycles. The van der Waals surface area contributed by atoms with Gasteiger partial charge in [-0.15, -0.1) is 0 Å². The maximum atomic E-state index is 13.1. The molecule has 11 heteroatoms. The summed E-state index contributed by atoms with van der Waals surface area (Å²) in [5.41, 5.74) is 0.218. The third-order valence-electron chi connectivity index (χ3n) is 5.77. The van der Waals surface area contributed by atoms with Crippen molar-refractivity contribution in [3.05, 3.63) is 54.1 Å². The Balaban J connectivity index is 1.70. The van der Waals surface area contributed by atoms with Gasteiger partial charge in [-0.1, -0.05) is 12.1 Å². The molecule has 2 aromatic rings. The van der Waals surface area contributed by atoms with E-state index in [1.807, 2.05) is 0 Å². The molecule has 1 aliphatic rings. The molecule has 0 saturated carbocycles. The lowest BCUT2D eigenvalue weighted by Crippen LogP contribution is -2.50. The van der Waals surface area contributed by atoms with Crippen LogP contribution in [0.1, 0.15) is 16.8 Å². The molecule has 3 rings (SSSR count). The first-order chi connectivity index (χ1) is 17.8. The Kier molecular flexibility index (Phi) is 9.70. The van der Waals surface area contributed by atoms with Gasteiger partial charge < -0.3 is 34.6 Å². The van der Waals surface area contributed by atoms with Gasteiger partial charge in [0.15, 0.2) is 0 Å². The second-order valence-electron chi connectivity index (χ2n) is 8.45. The third-order valence-corrected chi connectivity index (χ3v) is 5.77. The average molecular weight is 513 g/mol. The molecule has 2 aromatic carbocycles. The Labute approximate surface area is 215 Å². The number of nitrogens with zero attached hydrogens (tertiary/aromatic N) is 2. The van der Waals surface area contributed by atoms with Gasteiger partial charge in [-0.25, -0.2) is 0 Å². The summed E-state index contributed by atoms with van der Waals surface area (Å²) < 4.78 is 16.5. The van der Waals surface area contributed by atoms with Crippen LogP contribution < -0.4 is 24.8 Å². The van der Waals surface area contributed by atoms with E-state index >= 15 is 0 Å². The number of carbonyl (C=O) groups is 4. The highest BCUT2D eigenvalue weighted by Gasteiger charge is 2.28. The second-order valence-corrected chi connectivity index (χ2v) is 8.45. The monoisotopic (exact) mass is 512 g/mol. The van der Waals surface area contributed by atoms with Crippen LogP contribution in [-0.2, 0) is 14.4 Å². The van der Waals surface area contributed by atoms with Crippen LogP contribution in [0.15, 0.2) is 48.5 Å². The minimum Gasteiger partial charge on any atom is -0.497 e. The summed E-state index contributed by atoms with van der Waals surface area (Å²) in [6.07, 6.45) is -0.326. The van der Waals surface area contributed by atoms with Gasteiger partial charge in [0.1, 0.15) is 36.5 Å². The van der Waals surface area contributed by atoms with Gasteiger partial charge in [0.05, 0.1) is 38.7 Å². The van der Waals surface area contributed by atoms with Crippen molar-refractivity contribution in [2.24, 2.45) is 0 Å². The molecular formula is C26H32N4O7. The number of rotatable bonds is 6. The molecule has 0 spiro atoms. The third kappa shape index (κ3) is 7.86. The topological polar surface area (TPSA) is 127 Å². The van der Waals surface area contributed by atoms with Gasteiger partial charge in [0.25, 0.3) is 5.91 Å². The molecule has 0 saturated heterocycles. The van der Waals surface area contributed by atoms with E-state index < -0.39 is 23.8 Å². The van der Waals surface area contributed by atoms with E-state index in [1.165, 1.54) is 16.8 Å². The van der Waals surface area contributed by atoms with E-state index in [1.54, 1.807) is 62.7 Å². The van der Waals surface area contributed by atoms with Gasteiger partial charge in [0.2, 0.25) is 17.7 Å². The molecule has 1 aliphatic heterocycles. The minimum atomic E-state index is -1.17.